The van der Waals surface area contributed by atoms with Crippen LogP contribution in [0.15, 0.2) is 16.8 Å². The van der Waals surface area contributed by atoms with Crippen LogP contribution in [0.25, 0.3) is 0 Å². The van der Waals surface area contributed by atoms with Gasteiger partial charge in [-0.2, -0.15) is 11.3 Å². The van der Waals surface area contributed by atoms with E-state index in [-0.39, 0.29) is 12.1 Å². The SMILES string of the molecule is CC(N)C(O)CCc1ccsc1. The predicted octanol–water partition coefficient (Wildman–Crippen LogP) is 1.39. The zero-order chi connectivity index (χ0) is 8.97. The summed E-state index contributed by atoms with van der Waals surface area (Å²) in [5.74, 6) is 0. The minimum atomic E-state index is -0.370. The molecule has 0 aliphatic heterocycles. The van der Waals surface area contributed by atoms with Crippen LogP contribution in [0.4, 0.5) is 0 Å². The third-order valence-corrected chi connectivity index (χ3v) is 2.65. The number of aliphatic hydroxyl groups is 1. The summed E-state index contributed by atoms with van der Waals surface area (Å²) in [4.78, 5) is 0. The van der Waals surface area contributed by atoms with Gasteiger partial charge < -0.3 is 10.8 Å². The number of aryl methyl sites for hydroxylation is 1. The second kappa shape index (κ2) is 4.60. The van der Waals surface area contributed by atoms with Gasteiger partial charge in [-0.15, -0.1) is 0 Å². The maximum atomic E-state index is 9.40. The largest absolute Gasteiger partial charge is 0.392 e. The van der Waals surface area contributed by atoms with Gasteiger partial charge in [0.05, 0.1) is 6.10 Å². The second-order valence-electron chi connectivity index (χ2n) is 3.10. The highest BCUT2D eigenvalue weighted by molar-refractivity contribution is 7.07. The smallest absolute Gasteiger partial charge is 0.0691 e. The molecule has 3 heteroatoms. The van der Waals surface area contributed by atoms with E-state index < -0.39 is 0 Å². The van der Waals surface area contributed by atoms with E-state index in [1.165, 1.54) is 5.56 Å². The molecule has 0 aliphatic rings. The number of rotatable bonds is 4. The third kappa shape index (κ3) is 2.93. The lowest BCUT2D eigenvalue weighted by Gasteiger charge is -2.13. The topological polar surface area (TPSA) is 46.2 Å². The summed E-state index contributed by atoms with van der Waals surface area (Å²) in [6.07, 6.45) is 1.31. The molecule has 0 spiro atoms. The molecule has 0 radical (unpaired) electrons. The molecule has 12 heavy (non-hydrogen) atoms. The highest BCUT2D eigenvalue weighted by Crippen LogP contribution is 2.10. The van der Waals surface area contributed by atoms with Crippen LogP contribution in [0, 0.1) is 0 Å². The fourth-order valence-electron chi connectivity index (χ4n) is 1.01. The van der Waals surface area contributed by atoms with Gasteiger partial charge in [-0.1, -0.05) is 0 Å². The van der Waals surface area contributed by atoms with Gasteiger partial charge >= 0.3 is 0 Å². The summed E-state index contributed by atoms with van der Waals surface area (Å²) in [5, 5.41) is 13.6. The molecular weight excluding hydrogens is 170 g/mol. The Bertz CT molecular complexity index is 208. The average molecular weight is 185 g/mol. The lowest BCUT2D eigenvalue weighted by Crippen LogP contribution is -2.31. The van der Waals surface area contributed by atoms with Crippen molar-refractivity contribution in [1.82, 2.24) is 0 Å². The lowest BCUT2D eigenvalue weighted by molar-refractivity contribution is 0.141. The molecule has 0 amide bonds. The van der Waals surface area contributed by atoms with Gasteiger partial charge in [-0.05, 0) is 42.2 Å². The van der Waals surface area contributed by atoms with Gasteiger partial charge in [-0.25, -0.2) is 0 Å². The van der Waals surface area contributed by atoms with Crippen LogP contribution in [-0.2, 0) is 6.42 Å². The van der Waals surface area contributed by atoms with Gasteiger partial charge in [0.1, 0.15) is 0 Å². The van der Waals surface area contributed by atoms with Crippen molar-refractivity contribution in [3.8, 4) is 0 Å². The molecule has 0 bridgehead atoms. The maximum Gasteiger partial charge on any atom is 0.0691 e. The number of hydrogen-bond donors (Lipinski definition) is 2. The van der Waals surface area contributed by atoms with E-state index >= 15 is 0 Å². The standard InChI is InChI=1S/C9H15NOS/c1-7(10)9(11)3-2-8-4-5-12-6-8/h4-7,9,11H,2-3,10H2,1H3. The molecule has 0 saturated heterocycles. The van der Waals surface area contributed by atoms with E-state index in [1.54, 1.807) is 11.3 Å². The molecule has 0 aliphatic carbocycles. The highest BCUT2D eigenvalue weighted by Gasteiger charge is 2.08. The van der Waals surface area contributed by atoms with E-state index in [1.807, 2.05) is 12.3 Å². The van der Waals surface area contributed by atoms with Gasteiger partial charge in [0.15, 0.2) is 0 Å². The van der Waals surface area contributed by atoms with Crippen molar-refractivity contribution in [2.75, 3.05) is 0 Å². The molecule has 0 saturated carbocycles. The first-order valence-corrected chi connectivity index (χ1v) is 5.09. The summed E-state index contributed by atoms with van der Waals surface area (Å²) in [6.45, 7) is 1.83. The van der Waals surface area contributed by atoms with Gasteiger partial charge in [-0.3, -0.25) is 0 Å². The molecule has 1 aromatic heterocycles. The molecule has 68 valence electrons. The first-order valence-electron chi connectivity index (χ1n) is 4.15. The van der Waals surface area contributed by atoms with Crippen LogP contribution in [0.2, 0.25) is 0 Å². The Hall–Kier alpha value is -0.380. The Morgan fingerprint density at radius 3 is 2.92 bits per heavy atom. The summed E-state index contributed by atoms with van der Waals surface area (Å²) in [7, 11) is 0. The van der Waals surface area contributed by atoms with Gasteiger partial charge in [0.2, 0.25) is 0 Å². The number of nitrogens with two attached hydrogens (primary N) is 1. The van der Waals surface area contributed by atoms with E-state index in [0.29, 0.717) is 0 Å². The average Bonchev–Trinajstić information content (AvgIpc) is 2.51. The minimum Gasteiger partial charge on any atom is -0.392 e. The normalized spacial score (nSPS) is 15.9. The molecule has 0 fully saturated rings. The fourth-order valence-corrected chi connectivity index (χ4v) is 1.72. The van der Waals surface area contributed by atoms with Crippen molar-refractivity contribution in [2.45, 2.75) is 31.9 Å². The molecule has 1 rings (SSSR count). The minimum absolute atomic E-state index is 0.122. The van der Waals surface area contributed by atoms with Crippen LogP contribution in [0.5, 0.6) is 0 Å². The summed E-state index contributed by atoms with van der Waals surface area (Å²) >= 11 is 1.69. The van der Waals surface area contributed by atoms with Crippen LogP contribution < -0.4 is 5.73 Å². The zero-order valence-corrected chi connectivity index (χ0v) is 8.05. The highest BCUT2D eigenvalue weighted by atomic mass is 32.1. The van der Waals surface area contributed by atoms with Crippen molar-refractivity contribution in [1.29, 1.82) is 0 Å². The van der Waals surface area contributed by atoms with E-state index in [0.717, 1.165) is 12.8 Å². The molecule has 2 nitrogen and oxygen atoms in total. The first-order chi connectivity index (χ1) is 5.70. The maximum absolute atomic E-state index is 9.40. The zero-order valence-electron chi connectivity index (χ0n) is 7.23. The van der Waals surface area contributed by atoms with Crippen molar-refractivity contribution in [3.63, 3.8) is 0 Å². The van der Waals surface area contributed by atoms with Crippen LogP contribution in [0.1, 0.15) is 18.9 Å². The van der Waals surface area contributed by atoms with Crippen molar-refractivity contribution in [2.24, 2.45) is 5.73 Å². The first kappa shape index (κ1) is 9.71. The Morgan fingerprint density at radius 2 is 2.42 bits per heavy atom. The van der Waals surface area contributed by atoms with Gasteiger partial charge in [0.25, 0.3) is 0 Å². The van der Waals surface area contributed by atoms with Crippen molar-refractivity contribution in [3.05, 3.63) is 22.4 Å². The summed E-state index contributed by atoms with van der Waals surface area (Å²) in [5.41, 5.74) is 6.82. The van der Waals surface area contributed by atoms with Crippen molar-refractivity contribution >= 4 is 11.3 Å². The lowest BCUT2D eigenvalue weighted by atomic mass is 10.1. The monoisotopic (exact) mass is 185 g/mol. The van der Waals surface area contributed by atoms with Crippen LogP contribution >= 0.6 is 11.3 Å². The fraction of sp³-hybridized carbons (Fsp3) is 0.556. The number of hydrogen-bond acceptors (Lipinski definition) is 3. The van der Waals surface area contributed by atoms with Crippen LogP contribution in [0.3, 0.4) is 0 Å². The number of aliphatic hydroxyl groups excluding tert-OH is 1. The molecule has 1 heterocycles. The Labute approximate surface area is 77.0 Å². The summed E-state index contributed by atoms with van der Waals surface area (Å²) in [6, 6.07) is 1.96. The summed E-state index contributed by atoms with van der Waals surface area (Å²) < 4.78 is 0. The van der Waals surface area contributed by atoms with E-state index in [9.17, 15) is 5.11 Å². The van der Waals surface area contributed by atoms with Gasteiger partial charge in [0, 0.05) is 6.04 Å². The molecule has 0 aromatic carbocycles. The van der Waals surface area contributed by atoms with Crippen LogP contribution in [-0.4, -0.2) is 17.3 Å². The quantitative estimate of drug-likeness (QED) is 0.744. The van der Waals surface area contributed by atoms with E-state index in [2.05, 4.69) is 11.4 Å². The Balaban J connectivity index is 2.27. The van der Waals surface area contributed by atoms with Crippen molar-refractivity contribution < 1.29 is 5.11 Å². The van der Waals surface area contributed by atoms with E-state index in [4.69, 9.17) is 5.73 Å². The Kier molecular flexibility index (Phi) is 3.72. The predicted molar refractivity (Wildman–Crippen MR) is 52.3 cm³/mol. The third-order valence-electron chi connectivity index (χ3n) is 1.92. The second-order valence-corrected chi connectivity index (χ2v) is 3.88. The molecular formula is C9H15NOS. The molecule has 2 atom stereocenters. The molecule has 2 unspecified atom stereocenters. The Morgan fingerprint density at radius 1 is 1.67 bits per heavy atom. The molecule has 1 aromatic rings. The number of thiophene rings is 1. The molecule has 3 N–H and O–H groups in total.